The van der Waals surface area contributed by atoms with Crippen LogP contribution in [0, 0.1) is 11.8 Å². The molecule has 7 heteroatoms. The Kier molecular flexibility index (Phi) is 4.50. The monoisotopic (exact) mass is 346 g/mol. The quantitative estimate of drug-likeness (QED) is 0.882. The maximum atomic E-state index is 13.0. The third-order valence-electron chi connectivity index (χ3n) is 5.61. The summed E-state index contributed by atoms with van der Waals surface area (Å²) in [5.41, 5.74) is 0.844. The van der Waals surface area contributed by atoms with E-state index in [1.165, 1.54) is 12.8 Å². The molecule has 1 amide bonds. The molecule has 3 aliphatic rings. The number of hydrogen-bond acceptors (Lipinski definition) is 5. The van der Waals surface area contributed by atoms with Gasteiger partial charge in [-0.1, -0.05) is 0 Å². The molecule has 3 heterocycles. The van der Waals surface area contributed by atoms with E-state index in [2.05, 4.69) is 15.2 Å². The van der Waals surface area contributed by atoms with E-state index < -0.39 is 0 Å². The van der Waals surface area contributed by atoms with Gasteiger partial charge in [-0.15, -0.1) is 0 Å². The number of carbonyl (C=O) groups is 1. The average molecular weight is 346 g/mol. The number of methoxy groups -OCH3 is 1. The van der Waals surface area contributed by atoms with Gasteiger partial charge in [-0.05, 0) is 44.4 Å². The van der Waals surface area contributed by atoms with Gasteiger partial charge in [-0.3, -0.25) is 9.89 Å². The van der Waals surface area contributed by atoms with Crippen LogP contribution in [-0.4, -0.2) is 52.8 Å². The van der Waals surface area contributed by atoms with E-state index in [0.717, 1.165) is 49.0 Å². The van der Waals surface area contributed by atoms with Gasteiger partial charge in [0.1, 0.15) is 12.4 Å². The molecule has 0 unspecified atom stereocenters. The zero-order valence-corrected chi connectivity index (χ0v) is 15.0. The summed E-state index contributed by atoms with van der Waals surface area (Å²) < 4.78 is 10.7. The third-order valence-corrected chi connectivity index (χ3v) is 5.61. The molecule has 1 N–H and O–H groups in total. The lowest BCUT2D eigenvalue weighted by atomic mass is 9.91. The Bertz CT molecular complexity index is 680. The molecule has 0 bridgehead atoms. The maximum absolute atomic E-state index is 13.0. The van der Waals surface area contributed by atoms with Crippen molar-refractivity contribution in [2.24, 2.45) is 11.8 Å². The zero-order chi connectivity index (χ0) is 17.4. The van der Waals surface area contributed by atoms with E-state index in [1.54, 1.807) is 7.11 Å². The van der Waals surface area contributed by atoms with Crippen molar-refractivity contribution in [1.82, 2.24) is 20.1 Å². The largest absolute Gasteiger partial charge is 0.498 e. The number of carbonyl (C=O) groups excluding carboxylic acids is 1. The smallest absolute Gasteiger partial charge is 0.253 e. The van der Waals surface area contributed by atoms with Crippen LogP contribution in [0.25, 0.3) is 0 Å². The number of allylic oxidation sites excluding steroid dienone is 1. The molecule has 136 valence electrons. The van der Waals surface area contributed by atoms with Gasteiger partial charge < -0.3 is 14.4 Å². The van der Waals surface area contributed by atoms with E-state index in [1.807, 2.05) is 11.8 Å². The van der Waals surface area contributed by atoms with Gasteiger partial charge in [0.25, 0.3) is 5.91 Å². The number of nitrogens with zero attached hydrogens (tertiary/aromatic N) is 3. The average Bonchev–Trinajstić information content (AvgIpc) is 3.19. The van der Waals surface area contributed by atoms with Crippen molar-refractivity contribution in [3.05, 3.63) is 23.0 Å². The summed E-state index contributed by atoms with van der Waals surface area (Å²) in [6, 6.07) is 0. The first-order valence-electron chi connectivity index (χ1n) is 9.19. The Morgan fingerprint density at radius 3 is 2.96 bits per heavy atom. The highest BCUT2D eigenvalue weighted by atomic mass is 16.5. The summed E-state index contributed by atoms with van der Waals surface area (Å²) in [7, 11) is 1.65. The van der Waals surface area contributed by atoms with E-state index >= 15 is 0 Å². The molecule has 4 rings (SSSR count). The molecular formula is C18H26N4O3. The molecule has 2 fully saturated rings. The fourth-order valence-electron chi connectivity index (χ4n) is 4.13. The van der Waals surface area contributed by atoms with Crippen molar-refractivity contribution in [3.8, 4) is 0 Å². The minimum atomic E-state index is 0.137. The van der Waals surface area contributed by atoms with Gasteiger partial charge in [-0.25, -0.2) is 4.98 Å². The van der Waals surface area contributed by atoms with E-state index in [-0.39, 0.29) is 11.8 Å². The first-order chi connectivity index (χ1) is 12.2. The summed E-state index contributed by atoms with van der Waals surface area (Å²) in [6.45, 7) is 4.56. The van der Waals surface area contributed by atoms with Gasteiger partial charge in [0.2, 0.25) is 0 Å². The Morgan fingerprint density at radius 2 is 2.24 bits per heavy atom. The number of rotatable bonds is 5. The Morgan fingerprint density at radius 1 is 1.40 bits per heavy atom. The van der Waals surface area contributed by atoms with Crippen LogP contribution in [0.15, 0.2) is 11.3 Å². The summed E-state index contributed by atoms with van der Waals surface area (Å²) in [6.07, 6.45) is 4.24. The van der Waals surface area contributed by atoms with Crippen LogP contribution in [-0.2, 0) is 20.9 Å². The molecule has 1 aromatic heterocycles. The molecule has 2 atom stereocenters. The summed E-state index contributed by atoms with van der Waals surface area (Å²) in [5.74, 6) is 3.87. The number of aromatic amines is 1. The molecule has 1 saturated carbocycles. The van der Waals surface area contributed by atoms with E-state index in [4.69, 9.17) is 9.47 Å². The molecule has 0 radical (unpaired) electrons. The van der Waals surface area contributed by atoms with Crippen LogP contribution in [0.3, 0.4) is 0 Å². The SMILES string of the molecule is COCc1nc([C@H]2CN(C(=O)C3=C(C)OCCC3)C[C@@H]2C2CC2)n[nH]1. The number of H-pyrrole nitrogens is 1. The van der Waals surface area contributed by atoms with Crippen molar-refractivity contribution in [2.75, 3.05) is 26.8 Å². The molecule has 0 aromatic carbocycles. The van der Waals surface area contributed by atoms with Gasteiger partial charge in [-0.2, -0.15) is 5.10 Å². The zero-order valence-electron chi connectivity index (χ0n) is 15.0. The maximum Gasteiger partial charge on any atom is 0.253 e. The number of ether oxygens (including phenoxy) is 2. The molecule has 2 aliphatic heterocycles. The first kappa shape index (κ1) is 16.6. The lowest BCUT2D eigenvalue weighted by molar-refractivity contribution is -0.127. The van der Waals surface area contributed by atoms with Crippen molar-refractivity contribution in [2.45, 2.75) is 45.1 Å². The molecule has 1 aromatic rings. The fourth-order valence-corrected chi connectivity index (χ4v) is 4.13. The van der Waals surface area contributed by atoms with Gasteiger partial charge in [0.15, 0.2) is 11.6 Å². The predicted molar refractivity (Wildman–Crippen MR) is 90.5 cm³/mol. The van der Waals surface area contributed by atoms with Crippen LogP contribution in [0.2, 0.25) is 0 Å². The van der Waals surface area contributed by atoms with Gasteiger partial charge in [0.05, 0.1) is 12.2 Å². The molecule has 0 spiro atoms. The van der Waals surface area contributed by atoms with Gasteiger partial charge in [0, 0.05) is 26.1 Å². The fraction of sp³-hybridized carbons (Fsp3) is 0.722. The first-order valence-corrected chi connectivity index (χ1v) is 9.19. The normalized spacial score (nSPS) is 26.9. The highest BCUT2D eigenvalue weighted by Gasteiger charge is 2.46. The Labute approximate surface area is 147 Å². The van der Waals surface area contributed by atoms with Crippen LogP contribution in [0.1, 0.15) is 50.2 Å². The van der Waals surface area contributed by atoms with Crippen molar-refractivity contribution < 1.29 is 14.3 Å². The van der Waals surface area contributed by atoms with E-state index in [9.17, 15) is 4.79 Å². The highest BCUT2D eigenvalue weighted by molar-refractivity contribution is 5.94. The summed E-state index contributed by atoms with van der Waals surface area (Å²) in [5, 5.41) is 7.37. The molecule has 1 saturated heterocycles. The Balaban J connectivity index is 1.53. The summed E-state index contributed by atoms with van der Waals surface area (Å²) >= 11 is 0. The van der Waals surface area contributed by atoms with Crippen molar-refractivity contribution in [3.63, 3.8) is 0 Å². The number of likely N-dealkylation sites (tertiary alicyclic amines) is 1. The van der Waals surface area contributed by atoms with Crippen LogP contribution >= 0.6 is 0 Å². The van der Waals surface area contributed by atoms with Crippen LogP contribution in [0.4, 0.5) is 0 Å². The number of nitrogens with one attached hydrogen (secondary N) is 1. The molecular weight excluding hydrogens is 320 g/mol. The highest BCUT2D eigenvalue weighted by Crippen LogP contribution is 2.47. The lowest BCUT2D eigenvalue weighted by Gasteiger charge is -2.23. The Hall–Kier alpha value is -1.89. The second-order valence-corrected chi connectivity index (χ2v) is 7.38. The molecule has 7 nitrogen and oxygen atoms in total. The predicted octanol–water partition coefficient (Wildman–Crippen LogP) is 1.99. The number of amides is 1. The standard InChI is InChI=1S/C18H26N4O3/c1-11-13(4-3-7-25-11)18(23)22-8-14(12-5-6-12)15(9-22)17-19-16(10-24-2)20-21-17/h12,14-15H,3-10H2,1-2H3,(H,19,20,21)/t14-,15+/m1/s1. The van der Waals surface area contributed by atoms with Crippen LogP contribution < -0.4 is 0 Å². The second kappa shape index (κ2) is 6.78. The number of aromatic nitrogens is 3. The minimum Gasteiger partial charge on any atom is -0.498 e. The summed E-state index contributed by atoms with van der Waals surface area (Å²) in [4.78, 5) is 19.6. The topological polar surface area (TPSA) is 80.3 Å². The number of hydrogen-bond donors (Lipinski definition) is 1. The molecule has 1 aliphatic carbocycles. The van der Waals surface area contributed by atoms with Crippen molar-refractivity contribution >= 4 is 5.91 Å². The second-order valence-electron chi connectivity index (χ2n) is 7.38. The van der Waals surface area contributed by atoms with Crippen molar-refractivity contribution in [1.29, 1.82) is 0 Å². The third kappa shape index (κ3) is 3.29. The lowest BCUT2D eigenvalue weighted by Crippen LogP contribution is -2.32. The van der Waals surface area contributed by atoms with Gasteiger partial charge >= 0.3 is 0 Å². The minimum absolute atomic E-state index is 0.137. The molecule has 25 heavy (non-hydrogen) atoms. The van der Waals surface area contributed by atoms with E-state index in [0.29, 0.717) is 25.0 Å². The van der Waals surface area contributed by atoms with Crippen LogP contribution in [0.5, 0.6) is 0 Å².